The van der Waals surface area contributed by atoms with Gasteiger partial charge in [0.2, 0.25) is 0 Å². The van der Waals surface area contributed by atoms with E-state index in [1.807, 2.05) is 0 Å². The standard InChI is InChI=1S/C14H10O4.C2H4/c15-13(11-7-3-1-4-8-11)17-18-14(16)12-9-5-2-6-10-12;1-2/h1-10H;1-2H2. The fourth-order valence-electron chi connectivity index (χ4n) is 1.32. The van der Waals surface area contributed by atoms with Crippen molar-refractivity contribution < 1.29 is 19.4 Å². The number of carbonyl (C=O) groups is 2. The van der Waals surface area contributed by atoms with Gasteiger partial charge in [-0.05, 0) is 24.3 Å². The third kappa shape index (κ3) is 4.42. The third-order valence-electron chi connectivity index (χ3n) is 2.21. The first-order chi connectivity index (χ1) is 9.77. The minimum Gasteiger partial charge on any atom is -0.242 e. The van der Waals surface area contributed by atoms with Crippen LogP contribution >= 0.6 is 0 Å². The van der Waals surface area contributed by atoms with Gasteiger partial charge in [-0.3, -0.25) is 0 Å². The Balaban J connectivity index is 0.000000956. The zero-order valence-corrected chi connectivity index (χ0v) is 10.8. The molecule has 0 aliphatic carbocycles. The Labute approximate surface area is 117 Å². The van der Waals surface area contributed by atoms with Crippen molar-refractivity contribution in [1.82, 2.24) is 0 Å². The average molecular weight is 270 g/mol. The molecule has 0 saturated heterocycles. The van der Waals surface area contributed by atoms with Gasteiger partial charge in [-0.2, -0.15) is 0 Å². The minimum atomic E-state index is -0.708. The molecule has 0 amide bonds. The molecule has 2 aromatic carbocycles. The van der Waals surface area contributed by atoms with E-state index in [4.69, 9.17) is 0 Å². The van der Waals surface area contributed by atoms with E-state index >= 15 is 0 Å². The quantitative estimate of drug-likeness (QED) is 0.476. The molecule has 0 unspecified atom stereocenters. The lowest BCUT2D eigenvalue weighted by Gasteiger charge is -2.02. The zero-order chi connectivity index (χ0) is 14.8. The number of rotatable bonds is 2. The highest BCUT2D eigenvalue weighted by Gasteiger charge is 2.12. The van der Waals surface area contributed by atoms with Crippen LogP contribution in [0.25, 0.3) is 0 Å². The fraction of sp³-hybridized carbons (Fsp3) is 0. The Morgan fingerprint density at radius 1 is 0.650 bits per heavy atom. The molecular formula is C16H14O4. The first-order valence-corrected chi connectivity index (χ1v) is 5.80. The van der Waals surface area contributed by atoms with Crippen LogP contribution in [-0.2, 0) is 9.78 Å². The van der Waals surface area contributed by atoms with Crippen molar-refractivity contribution in [2.75, 3.05) is 0 Å². The zero-order valence-electron chi connectivity index (χ0n) is 10.8. The van der Waals surface area contributed by atoms with E-state index in [0.717, 1.165) is 0 Å². The molecule has 4 nitrogen and oxygen atoms in total. The molecule has 0 aromatic heterocycles. The monoisotopic (exact) mass is 270 g/mol. The first kappa shape index (κ1) is 15.2. The fourth-order valence-corrected chi connectivity index (χ4v) is 1.32. The van der Waals surface area contributed by atoms with E-state index in [9.17, 15) is 9.59 Å². The summed E-state index contributed by atoms with van der Waals surface area (Å²) in [6.07, 6.45) is 0. The van der Waals surface area contributed by atoms with Crippen molar-refractivity contribution in [3.8, 4) is 0 Å². The SMILES string of the molecule is C=C.O=C(OOC(=O)c1ccccc1)c1ccccc1. The van der Waals surface area contributed by atoms with Crippen LogP contribution in [0.1, 0.15) is 20.7 Å². The average Bonchev–Trinajstić information content (AvgIpc) is 2.55. The molecule has 2 rings (SSSR count). The molecule has 20 heavy (non-hydrogen) atoms. The second-order valence-electron chi connectivity index (χ2n) is 3.47. The van der Waals surface area contributed by atoms with Crippen LogP contribution in [0.3, 0.4) is 0 Å². The van der Waals surface area contributed by atoms with Crippen LogP contribution in [0.5, 0.6) is 0 Å². The number of hydrogen-bond donors (Lipinski definition) is 0. The summed E-state index contributed by atoms with van der Waals surface area (Å²) in [5.74, 6) is -1.42. The van der Waals surface area contributed by atoms with Crippen LogP contribution in [0.4, 0.5) is 0 Å². The highest BCUT2D eigenvalue weighted by atomic mass is 17.2. The van der Waals surface area contributed by atoms with Crippen LogP contribution in [0.2, 0.25) is 0 Å². The van der Waals surface area contributed by atoms with Crippen LogP contribution in [0, 0.1) is 0 Å². The summed E-state index contributed by atoms with van der Waals surface area (Å²) in [6.45, 7) is 6.00. The summed E-state index contributed by atoms with van der Waals surface area (Å²) in [6, 6.07) is 16.6. The minimum absolute atomic E-state index is 0.318. The maximum atomic E-state index is 11.5. The van der Waals surface area contributed by atoms with Gasteiger partial charge in [0, 0.05) is 0 Å². The van der Waals surface area contributed by atoms with Crippen LogP contribution in [-0.4, -0.2) is 11.9 Å². The Morgan fingerprint density at radius 3 is 1.25 bits per heavy atom. The summed E-state index contributed by atoms with van der Waals surface area (Å²) >= 11 is 0. The highest BCUT2D eigenvalue weighted by Crippen LogP contribution is 2.05. The van der Waals surface area contributed by atoms with Gasteiger partial charge in [0.15, 0.2) is 0 Å². The molecule has 0 heterocycles. The number of benzene rings is 2. The highest BCUT2D eigenvalue weighted by molar-refractivity contribution is 5.92. The molecule has 4 heteroatoms. The summed E-state index contributed by atoms with van der Waals surface area (Å²) < 4.78 is 0. The third-order valence-corrected chi connectivity index (χ3v) is 2.21. The summed E-state index contributed by atoms with van der Waals surface area (Å²) in [7, 11) is 0. The molecule has 0 spiro atoms. The van der Waals surface area contributed by atoms with Gasteiger partial charge in [-0.1, -0.05) is 36.4 Å². The molecule has 0 atom stereocenters. The van der Waals surface area contributed by atoms with Gasteiger partial charge in [0.05, 0.1) is 11.1 Å². The van der Waals surface area contributed by atoms with Crippen LogP contribution in [0.15, 0.2) is 73.8 Å². The molecule has 102 valence electrons. The molecule has 0 radical (unpaired) electrons. The van der Waals surface area contributed by atoms with Gasteiger partial charge in [0.25, 0.3) is 0 Å². The molecule has 0 fully saturated rings. The molecule has 0 bridgehead atoms. The summed E-state index contributed by atoms with van der Waals surface area (Å²) in [4.78, 5) is 31.9. The topological polar surface area (TPSA) is 52.6 Å². The maximum absolute atomic E-state index is 11.5. The second-order valence-corrected chi connectivity index (χ2v) is 3.47. The molecule has 0 aliphatic heterocycles. The van der Waals surface area contributed by atoms with Gasteiger partial charge >= 0.3 is 11.9 Å². The predicted molar refractivity (Wildman–Crippen MR) is 75.0 cm³/mol. The summed E-state index contributed by atoms with van der Waals surface area (Å²) in [5, 5.41) is 0. The van der Waals surface area contributed by atoms with Crippen molar-refractivity contribution in [2.24, 2.45) is 0 Å². The Hall–Kier alpha value is -2.88. The van der Waals surface area contributed by atoms with Crippen molar-refractivity contribution >= 4 is 11.9 Å². The Bertz CT molecular complexity index is 498. The van der Waals surface area contributed by atoms with Crippen molar-refractivity contribution in [2.45, 2.75) is 0 Å². The van der Waals surface area contributed by atoms with Gasteiger partial charge in [-0.15, -0.1) is 13.2 Å². The van der Waals surface area contributed by atoms with Gasteiger partial charge < -0.3 is 0 Å². The van der Waals surface area contributed by atoms with E-state index in [-0.39, 0.29) is 0 Å². The number of hydrogen-bond acceptors (Lipinski definition) is 4. The maximum Gasteiger partial charge on any atom is 0.386 e. The molecule has 0 aliphatic rings. The lowest BCUT2D eigenvalue weighted by atomic mass is 10.2. The molecule has 0 saturated carbocycles. The summed E-state index contributed by atoms with van der Waals surface area (Å²) in [5.41, 5.74) is 0.636. The van der Waals surface area contributed by atoms with Gasteiger partial charge in [0.1, 0.15) is 0 Å². The largest absolute Gasteiger partial charge is 0.386 e. The van der Waals surface area contributed by atoms with Crippen molar-refractivity contribution in [1.29, 1.82) is 0 Å². The lowest BCUT2D eigenvalue weighted by molar-refractivity contribution is -0.187. The smallest absolute Gasteiger partial charge is 0.242 e. The van der Waals surface area contributed by atoms with Crippen molar-refractivity contribution in [3.05, 3.63) is 84.9 Å². The number of carbonyl (C=O) groups excluding carboxylic acids is 2. The Kier molecular flexibility index (Phi) is 6.27. The normalized spacial score (nSPS) is 8.80. The van der Waals surface area contributed by atoms with Crippen molar-refractivity contribution in [3.63, 3.8) is 0 Å². The second kappa shape index (κ2) is 8.26. The van der Waals surface area contributed by atoms with E-state index in [1.165, 1.54) is 0 Å². The van der Waals surface area contributed by atoms with E-state index in [1.54, 1.807) is 60.7 Å². The van der Waals surface area contributed by atoms with Crippen LogP contribution < -0.4 is 0 Å². The predicted octanol–water partition coefficient (Wildman–Crippen LogP) is 3.42. The lowest BCUT2D eigenvalue weighted by Crippen LogP contribution is -2.11. The van der Waals surface area contributed by atoms with E-state index in [0.29, 0.717) is 11.1 Å². The first-order valence-electron chi connectivity index (χ1n) is 5.80. The van der Waals surface area contributed by atoms with Gasteiger partial charge in [-0.25, -0.2) is 19.4 Å². The van der Waals surface area contributed by atoms with E-state index in [2.05, 4.69) is 22.9 Å². The molecular weight excluding hydrogens is 256 g/mol. The Morgan fingerprint density at radius 2 is 0.950 bits per heavy atom. The van der Waals surface area contributed by atoms with E-state index < -0.39 is 11.9 Å². The molecule has 2 aromatic rings. The molecule has 0 N–H and O–H groups in total.